The van der Waals surface area contributed by atoms with Crippen molar-refractivity contribution in [2.75, 3.05) is 10.5 Å². The molecule has 0 atom stereocenters. The highest BCUT2D eigenvalue weighted by Crippen LogP contribution is 2.17. The van der Waals surface area contributed by atoms with Gasteiger partial charge in [0.15, 0.2) is 5.75 Å². The molecule has 1 rings (SSSR count). The lowest BCUT2D eigenvalue weighted by molar-refractivity contribution is 0.604. The summed E-state index contributed by atoms with van der Waals surface area (Å²) in [7, 11) is -3.61. The highest BCUT2D eigenvalue weighted by molar-refractivity contribution is 9.10. The number of halogens is 1. The van der Waals surface area contributed by atoms with E-state index < -0.39 is 15.8 Å². The lowest BCUT2D eigenvalue weighted by atomic mass is 10.3. The number of nitriles is 1. The zero-order chi connectivity index (χ0) is 11.5. The van der Waals surface area contributed by atoms with E-state index in [9.17, 15) is 8.42 Å². The summed E-state index contributed by atoms with van der Waals surface area (Å²) in [5.41, 5.74) is 0.686. The van der Waals surface area contributed by atoms with Crippen LogP contribution in [0.1, 0.15) is 5.56 Å². The van der Waals surface area contributed by atoms with Gasteiger partial charge in [0, 0.05) is 10.7 Å². The van der Waals surface area contributed by atoms with Crippen molar-refractivity contribution in [3.05, 3.63) is 22.3 Å². The van der Waals surface area contributed by atoms with Gasteiger partial charge in [-0.2, -0.15) is 5.26 Å². The monoisotopic (exact) mass is 289 g/mol. The Kier molecular flexibility index (Phi) is 3.66. The van der Waals surface area contributed by atoms with E-state index in [0.717, 1.165) is 4.47 Å². The van der Waals surface area contributed by atoms with E-state index in [-0.39, 0.29) is 5.82 Å². The van der Waals surface area contributed by atoms with Gasteiger partial charge in [0.05, 0.1) is 6.07 Å². The van der Waals surface area contributed by atoms with E-state index in [4.69, 9.17) is 5.26 Å². The third kappa shape index (κ3) is 3.49. The van der Waals surface area contributed by atoms with Gasteiger partial charge in [-0.25, -0.2) is 13.4 Å². The molecule has 0 aromatic carbocycles. The summed E-state index contributed by atoms with van der Waals surface area (Å²) in [6.07, 6.45) is 1.48. The van der Waals surface area contributed by atoms with Crippen LogP contribution in [0.15, 0.2) is 16.7 Å². The first-order chi connectivity index (χ1) is 6.94. The van der Waals surface area contributed by atoms with Crippen molar-refractivity contribution < 1.29 is 8.42 Å². The average molecular weight is 290 g/mol. The maximum atomic E-state index is 11.3. The first kappa shape index (κ1) is 11.9. The normalized spacial score (nSPS) is 10.7. The van der Waals surface area contributed by atoms with Crippen LogP contribution in [0, 0.1) is 18.3 Å². The number of nitrogens with one attached hydrogen (secondary N) is 1. The predicted octanol–water partition coefficient (Wildman–Crippen LogP) is 1.42. The number of aromatic nitrogens is 1. The van der Waals surface area contributed by atoms with Gasteiger partial charge in [-0.05, 0) is 34.5 Å². The second-order valence-corrected chi connectivity index (χ2v) is 5.48. The molecule has 1 aromatic rings. The Morgan fingerprint density at radius 3 is 2.87 bits per heavy atom. The van der Waals surface area contributed by atoms with Crippen molar-refractivity contribution in [1.29, 1.82) is 5.26 Å². The van der Waals surface area contributed by atoms with Crippen molar-refractivity contribution in [3.8, 4) is 6.07 Å². The van der Waals surface area contributed by atoms with Gasteiger partial charge in [-0.15, -0.1) is 0 Å². The molecule has 0 fully saturated rings. The number of sulfonamides is 1. The van der Waals surface area contributed by atoms with Crippen molar-refractivity contribution in [2.24, 2.45) is 0 Å². The fourth-order valence-electron chi connectivity index (χ4n) is 0.916. The van der Waals surface area contributed by atoms with Gasteiger partial charge in [0.1, 0.15) is 5.82 Å². The van der Waals surface area contributed by atoms with Crippen molar-refractivity contribution >= 4 is 31.8 Å². The molecule has 0 saturated heterocycles. The van der Waals surface area contributed by atoms with Crippen molar-refractivity contribution in [1.82, 2.24) is 4.98 Å². The lowest BCUT2D eigenvalue weighted by Crippen LogP contribution is -2.17. The molecule has 1 N–H and O–H groups in total. The first-order valence-corrected chi connectivity index (χ1v) is 6.39. The van der Waals surface area contributed by atoms with Crippen LogP contribution in [-0.4, -0.2) is 19.2 Å². The Morgan fingerprint density at radius 2 is 2.33 bits per heavy atom. The lowest BCUT2D eigenvalue weighted by Gasteiger charge is -2.06. The predicted molar refractivity (Wildman–Crippen MR) is 59.7 cm³/mol. The van der Waals surface area contributed by atoms with Crippen LogP contribution in [0.25, 0.3) is 0 Å². The smallest absolute Gasteiger partial charge is 0.247 e. The molecule has 7 heteroatoms. The molecule has 0 aliphatic heterocycles. The van der Waals surface area contributed by atoms with Crippen LogP contribution in [0.2, 0.25) is 0 Å². The zero-order valence-corrected chi connectivity index (χ0v) is 10.3. The molecular formula is C8H8BrN3O2S. The summed E-state index contributed by atoms with van der Waals surface area (Å²) >= 11 is 3.21. The summed E-state index contributed by atoms with van der Waals surface area (Å²) in [6, 6.07) is 3.30. The minimum Gasteiger partial charge on any atom is -0.266 e. The second kappa shape index (κ2) is 4.59. The molecular weight excluding hydrogens is 282 g/mol. The largest absolute Gasteiger partial charge is 0.266 e. The summed E-state index contributed by atoms with van der Waals surface area (Å²) in [5, 5.41) is 8.30. The van der Waals surface area contributed by atoms with E-state index in [2.05, 4.69) is 25.6 Å². The SMILES string of the molecule is Cc1cc(Br)cnc1NS(=O)(=O)CC#N. The maximum Gasteiger partial charge on any atom is 0.247 e. The van der Waals surface area contributed by atoms with Gasteiger partial charge in [-0.1, -0.05) is 0 Å². The molecule has 0 amide bonds. The first-order valence-electron chi connectivity index (χ1n) is 3.94. The Morgan fingerprint density at radius 1 is 1.67 bits per heavy atom. The third-order valence-electron chi connectivity index (χ3n) is 1.55. The van der Waals surface area contributed by atoms with Gasteiger partial charge < -0.3 is 0 Å². The average Bonchev–Trinajstić information content (AvgIpc) is 2.09. The van der Waals surface area contributed by atoms with Crippen LogP contribution in [-0.2, 0) is 10.0 Å². The highest BCUT2D eigenvalue weighted by Gasteiger charge is 2.11. The second-order valence-electron chi connectivity index (χ2n) is 2.84. The molecule has 0 aliphatic carbocycles. The summed E-state index contributed by atoms with van der Waals surface area (Å²) in [4.78, 5) is 3.90. The summed E-state index contributed by atoms with van der Waals surface area (Å²) in [6.45, 7) is 1.72. The summed E-state index contributed by atoms with van der Waals surface area (Å²) < 4.78 is 25.5. The highest BCUT2D eigenvalue weighted by atomic mass is 79.9. The molecule has 0 unspecified atom stereocenters. The van der Waals surface area contributed by atoms with Crippen LogP contribution in [0.3, 0.4) is 0 Å². The molecule has 1 aromatic heterocycles. The van der Waals surface area contributed by atoms with Gasteiger partial charge >= 0.3 is 0 Å². The standard InChI is InChI=1S/C8H8BrN3O2S/c1-6-4-7(9)5-11-8(6)12-15(13,14)3-2-10/h4-5H,3H2,1H3,(H,11,12). The number of aryl methyl sites for hydroxylation is 1. The Bertz CT molecular complexity index is 507. The van der Waals surface area contributed by atoms with E-state index in [1.807, 2.05) is 0 Å². The maximum absolute atomic E-state index is 11.3. The van der Waals surface area contributed by atoms with Crippen LogP contribution in [0.4, 0.5) is 5.82 Å². The number of rotatable bonds is 3. The molecule has 15 heavy (non-hydrogen) atoms. The van der Waals surface area contributed by atoms with E-state index in [0.29, 0.717) is 5.56 Å². The van der Waals surface area contributed by atoms with Crippen LogP contribution >= 0.6 is 15.9 Å². The Hall–Kier alpha value is -1.13. The molecule has 0 bridgehead atoms. The quantitative estimate of drug-likeness (QED) is 0.912. The molecule has 0 saturated carbocycles. The van der Waals surface area contributed by atoms with Crippen molar-refractivity contribution in [2.45, 2.75) is 6.92 Å². The molecule has 0 aliphatic rings. The number of nitrogens with zero attached hydrogens (tertiary/aromatic N) is 2. The number of anilines is 1. The van der Waals surface area contributed by atoms with Crippen LogP contribution in [0.5, 0.6) is 0 Å². The van der Waals surface area contributed by atoms with Gasteiger partial charge in [-0.3, -0.25) is 4.72 Å². The van der Waals surface area contributed by atoms with E-state index in [1.165, 1.54) is 6.20 Å². The number of pyridine rings is 1. The topological polar surface area (TPSA) is 82.8 Å². The fraction of sp³-hybridized carbons (Fsp3) is 0.250. The number of hydrogen-bond acceptors (Lipinski definition) is 4. The Labute approximate surface area is 96.3 Å². The van der Waals surface area contributed by atoms with E-state index >= 15 is 0 Å². The minimum absolute atomic E-state index is 0.244. The van der Waals surface area contributed by atoms with Crippen molar-refractivity contribution in [3.63, 3.8) is 0 Å². The fourth-order valence-corrected chi connectivity index (χ4v) is 2.11. The minimum atomic E-state index is -3.61. The molecule has 5 nitrogen and oxygen atoms in total. The van der Waals surface area contributed by atoms with Gasteiger partial charge in [0.25, 0.3) is 0 Å². The molecule has 0 radical (unpaired) electrons. The third-order valence-corrected chi connectivity index (χ3v) is 3.00. The Balaban J connectivity index is 2.96. The van der Waals surface area contributed by atoms with Crippen LogP contribution < -0.4 is 4.72 Å². The number of hydrogen-bond donors (Lipinski definition) is 1. The van der Waals surface area contributed by atoms with Gasteiger partial charge in [0.2, 0.25) is 10.0 Å². The van der Waals surface area contributed by atoms with E-state index in [1.54, 1.807) is 19.1 Å². The molecule has 0 spiro atoms. The zero-order valence-electron chi connectivity index (χ0n) is 7.86. The molecule has 80 valence electrons. The summed E-state index contributed by atoms with van der Waals surface area (Å²) in [5.74, 6) is -0.335. The molecule has 1 heterocycles.